The molecule has 0 radical (unpaired) electrons. The molecule has 1 fully saturated rings. The largest absolute Gasteiger partial charge is 0.356 e. The van der Waals surface area contributed by atoms with Crippen molar-refractivity contribution in [2.45, 2.75) is 19.3 Å². The Morgan fingerprint density at radius 3 is 2.36 bits per heavy atom. The van der Waals surface area contributed by atoms with E-state index in [-0.39, 0.29) is 0 Å². The second kappa shape index (κ2) is 7.06. The average Bonchev–Trinajstić information content (AvgIpc) is 2.61. The lowest BCUT2D eigenvalue weighted by Gasteiger charge is -2.29. The topological polar surface area (TPSA) is 41.1 Å². The number of hydrogen-bond acceptors (Lipinski definition) is 4. The number of benzene rings is 2. The molecule has 0 saturated carbocycles. The third-order valence-electron chi connectivity index (χ3n) is 4.36. The molecular formula is C19H18Cl2N4. The van der Waals surface area contributed by atoms with E-state index in [4.69, 9.17) is 28.2 Å². The van der Waals surface area contributed by atoms with Crippen molar-refractivity contribution in [3.8, 4) is 0 Å². The normalized spacial score (nSPS) is 14.7. The number of para-hydroxylation sites is 1. The van der Waals surface area contributed by atoms with E-state index in [1.807, 2.05) is 30.3 Å². The second-order valence-corrected chi connectivity index (χ2v) is 7.09. The molecule has 1 aliphatic rings. The maximum Gasteiger partial charge on any atom is 0.229 e. The number of anilines is 3. The highest BCUT2D eigenvalue weighted by Gasteiger charge is 2.17. The molecule has 1 aliphatic heterocycles. The summed E-state index contributed by atoms with van der Waals surface area (Å²) in [6.45, 7) is 2.06. The van der Waals surface area contributed by atoms with E-state index in [2.05, 4.69) is 21.3 Å². The molecule has 0 amide bonds. The van der Waals surface area contributed by atoms with Gasteiger partial charge in [-0.05, 0) is 49.6 Å². The Kier molecular flexibility index (Phi) is 4.64. The third kappa shape index (κ3) is 3.65. The van der Waals surface area contributed by atoms with Gasteiger partial charge in [-0.15, -0.1) is 0 Å². The van der Waals surface area contributed by atoms with Crippen LogP contribution >= 0.6 is 23.2 Å². The molecule has 25 heavy (non-hydrogen) atoms. The molecular weight excluding hydrogens is 355 g/mol. The van der Waals surface area contributed by atoms with Gasteiger partial charge in [-0.25, -0.2) is 4.98 Å². The minimum Gasteiger partial charge on any atom is -0.356 e. The maximum absolute atomic E-state index is 6.09. The highest BCUT2D eigenvalue weighted by atomic mass is 35.5. The Balaban J connectivity index is 1.76. The monoisotopic (exact) mass is 372 g/mol. The molecule has 3 aromatic rings. The maximum atomic E-state index is 6.09. The summed E-state index contributed by atoms with van der Waals surface area (Å²) in [5, 5.41) is 5.47. The van der Waals surface area contributed by atoms with Crippen LogP contribution in [0.4, 0.5) is 17.5 Å². The Morgan fingerprint density at radius 1 is 0.880 bits per heavy atom. The van der Waals surface area contributed by atoms with Crippen LogP contribution in [0.3, 0.4) is 0 Å². The Hall–Kier alpha value is -2.04. The zero-order valence-corrected chi connectivity index (χ0v) is 15.2. The van der Waals surface area contributed by atoms with E-state index < -0.39 is 0 Å². The van der Waals surface area contributed by atoms with Gasteiger partial charge in [0.2, 0.25) is 5.95 Å². The summed E-state index contributed by atoms with van der Waals surface area (Å²) in [7, 11) is 0. The van der Waals surface area contributed by atoms with Gasteiger partial charge in [-0.3, -0.25) is 0 Å². The van der Waals surface area contributed by atoms with Gasteiger partial charge >= 0.3 is 0 Å². The zero-order chi connectivity index (χ0) is 17.2. The van der Waals surface area contributed by atoms with Gasteiger partial charge in [0.25, 0.3) is 0 Å². The number of fused-ring (bicyclic) bond motifs is 1. The first kappa shape index (κ1) is 16.4. The number of nitrogens with zero attached hydrogens (tertiary/aromatic N) is 3. The molecule has 6 heteroatoms. The summed E-state index contributed by atoms with van der Waals surface area (Å²) >= 11 is 12.2. The van der Waals surface area contributed by atoms with E-state index in [9.17, 15) is 0 Å². The van der Waals surface area contributed by atoms with E-state index in [0.29, 0.717) is 16.0 Å². The summed E-state index contributed by atoms with van der Waals surface area (Å²) in [4.78, 5) is 11.8. The third-order valence-corrected chi connectivity index (χ3v) is 4.79. The minimum absolute atomic E-state index is 0.553. The highest BCUT2D eigenvalue weighted by molar-refractivity contribution is 6.35. The second-order valence-electron chi connectivity index (χ2n) is 6.22. The van der Waals surface area contributed by atoms with E-state index in [1.165, 1.54) is 19.3 Å². The number of hydrogen-bond donors (Lipinski definition) is 1. The molecule has 1 aromatic heterocycles. The molecule has 4 rings (SSSR count). The number of halogens is 2. The van der Waals surface area contributed by atoms with Crippen LogP contribution in [0.25, 0.3) is 10.9 Å². The van der Waals surface area contributed by atoms with Crippen molar-refractivity contribution in [2.24, 2.45) is 0 Å². The first-order valence-corrected chi connectivity index (χ1v) is 9.19. The molecule has 2 aromatic carbocycles. The zero-order valence-electron chi connectivity index (χ0n) is 13.7. The van der Waals surface area contributed by atoms with Gasteiger partial charge in [0.05, 0.1) is 5.52 Å². The number of rotatable bonds is 3. The standard InChI is InChI=1S/C19H18Cl2N4/c20-13-10-14(21)12-15(11-13)22-19-23-17-7-3-2-6-16(17)18(24-19)25-8-4-1-5-9-25/h2-3,6-7,10-12H,1,4-5,8-9H2,(H,22,23,24). The number of aromatic nitrogens is 2. The van der Waals surface area contributed by atoms with Crippen LogP contribution in [0.15, 0.2) is 42.5 Å². The summed E-state index contributed by atoms with van der Waals surface area (Å²) in [5.41, 5.74) is 1.70. The lowest BCUT2D eigenvalue weighted by atomic mass is 10.1. The molecule has 128 valence electrons. The predicted octanol–water partition coefficient (Wildman–Crippen LogP) is 5.67. The molecule has 2 heterocycles. The van der Waals surface area contributed by atoms with Crippen LogP contribution in [-0.4, -0.2) is 23.1 Å². The number of nitrogens with one attached hydrogen (secondary N) is 1. The smallest absolute Gasteiger partial charge is 0.229 e. The van der Waals surface area contributed by atoms with Crippen molar-refractivity contribution in [3.63, 3.8) is 0 Å². The first-order chi connectivity index (χ1) is 12.2. The number of piperidine rings is 1. The Bertz CT molecular complexity index is 887. The molecule has 0 atom stereocenters. The van der Waals surface area contributed by atoms with Gasteiger partial charge in [-0.1, -0.05) is 35.3 Å². The molecule has 1 saturated heterocycles. The predicted molar refractivity (Wildman–Crippen MR) is 105 cm³/mol. The van der Waals surface area contributed by atoms with Crippen LogP contribution in [0.1, 0.15) is 19.3 Å². The molecule has 0 aliphatic carbocycles. The van der Waals surface area contributed by atoms with E-state index in [0.717, 1.165) is 35.5 Å². The molecule has 1 N–H and O–H groups in total. The van der Waals surface area contributed by atoms with Crippen molar-refractivity contribution in [1.82, 2.24) is 9.97 Å². The summed E-state index contributed by atoms with van der Waals surface area (Å²) < 4.78 is 0. The van der Waals surface area contributed by atoms with Crippen molar-refractivity contribution in [3.05, 3.63) is 52.5 Å². The molecule has 0 spiro atoms. The average molecular weight is 373 g/mol. The molecule has 0 unspecified atom stereocenters. The van der Waals surface area contributed by atoms with Gasteiger partial charge in [0.15, 0.2) is 0 Å². The Morgan fingerprint density at radius 2 is 1.60 bits per heavy atom. The van der Waals surface area contributed by atoms with Crippen molar-refractivity contribution in [2.75, 3.05) is 23.3 Å². The van der Waals surface area contributed by atoms with Gasteiger partial charge in [0.1, 0.15) is 5.82 Å². The fourth-order valence-electron chi connectivity index (χ4n) is 3.22. The van der Waals surface area contributed by atoms with Gasteiger partial charge in [0, 0.05) is 34.2 Å². The van der Waals surface area contributed by atoms with Gasteiger partial charge in [-0.2, -0.15) is 4.98 Å². The Labute approximate surface area is 156 Å². The van der Waals surface area contributed by atoms with Crippen LogP contribution < -0.4 is 10.2 Å². The summed E-state index contributed by atoms with van der Waals surface area (Å²) in [6.07, 6.45) is 3.68. The lowest BCUT2D eigenvalue weighted by molar-refractivity contribution is 0.575. The van der Waals surface area contributed by atoms with Crippen molar-refractivity contribution < 1.29 is 0 Å². The molecule has 0 bridgehead atoms. The minimum atomic E-state index is 0.553. The van der Waals surface area contributed by atoms with Crippen LogP contribution in [-0.2, 0) is 0 Å². The van der Waals surface area contributed by atoms with E-state index in [1.54, 1.807) is 6.07 Å². The molecule has 4 nitrogen and oxygen atoms in total. The van der Waals surface area contributed by atoms with Crippen molar-refractivity contribution in [1.29, 1.82) is 0 Å². The fourth-order valence-corrected chi connectivity index (χ4v) is 3.74. The highest BCUT2D eigenvalue weighted by Crippen LogP contribution is 2.29. The van der Waals surface area contributed by atoms with Crippen LogP contribution in [0.2, 0.25) is 10.0 Å². The van der Waals surface area contributed by atoms with Crippen LogP contribution in [0.5, 0.6) is 0 Å². The first-order valence-electron chi connectivity index (χ1n) is 8.44. The van der Waals surface area contributed by atoms with E-state index >= 15 is 0 Å². The fraction of sp³-hybridized carbons (Fsp3) is 0.263. The SMILES string of the molecule is Clc1cc(Cl)cc(Nc2nc(N3CCCCC3)c3ccccc3n2)c1. The quantitative estimate of drug-likeness (QED) is 0.642. The summed E-state index contributed by atoms with van der Waals surface area (Å²) in [5.74, 6) is 1.54. The van der Waals surface area contributed by atoms with Crippen molar-refractivity contribution >= 4 is 51.6 Å². The summed E-state index contributed by atoms with van der Waals surface area (Å²) in [6, 6.07) is 13.5. The lowest BCUT2D eigenvalue weighted by Crippen LogP contribution is -2.30. The van der Waals surface area contributed by atoms with Gasteiger partial charge < -0.3 is 10.2 Å². The van der Waals surface area contributed by atoms with Crippen LogP contribution in [0, 0.1) is 0 Å².